The number of amides is 1. The summed E-state index contributed by atoms with van der Waals surface area (Å²) in [6.07, 6.45) is 3.44. The number of nitrogens with one attached hydrogen (secondary N) is 1. The van der Waals surface area contributed by atoms with Crippen LogP contribution in [0.4, 0.5) is 0 Å². The molecule has 36 heavy (non-hydrogen) atoms. The van der Waals surface area contributed by atoms with Crippen molar-refractivity contribution in [1.29, 1.82) is 0 Å². The van der Waals surface area contributed by atoms with Crippen LogP contribution in [0.25, 0.3) is 4.91 Å². The molecule has 184 valence electrons. The van der Waals surface area contributed by atoms with Gasteiger partial charge in [0.2, 0.25) is 0 Å². The maximum Gasteiger partial charge on any atom is 0.257 e. The number of rotatable bonds is 6. The fourth-order valence-electron chi connectivity index (χ4n) is 5.29. The van der Waals surface area contributed by atoms with Gasteiger partial charge in [-0.2, -0.15) is 0 Å². The molecule has 0 aliphatic carbocycles. The van der Waals surface area contributed by atoms with Gasteiger partial charge in [-0.3, -0.25) is 14.4 Å². The second-order valence-corrected chi connectivity index (χ2v) is 10.8. The van der Waals surface area contributed by atoms with Crippen molar-refractivity contribution < 1.29 is 18.5 Å². The van der Waals surface area contributed by atoms with Gasteiger partial charge in [0.05, 0.1) is 17.1 Å². The monoisotopic (exact) mass is 500 g/mol. The molecule has 1 saturated heterocycles. The van der Waals surface area contributed by atoms with Gasteiger partial charge < -0.3 is 9.47 Å². The molecule has 7 heteroatoms. The Bertz CT molecular complexity index is 1330. The topological polar surface area (TPSA) is 67.9 Å². The molecule has 3 aromatic rings. The highest BCUT2D eigenvalue weighted by Crippen LogP contribution is 2.44. The molecule has 3 aromatic carbocycles. The van der Waals surface area contributed by atoms with E-state index in [1.54, 1.807) is 0 Å². The number of benzene rings is 3. The minimum absolute atomic E-state index is 0.0913. The average molecular weight is 501 g/mol. The predicted octanol–water partition coefficient (Wildman–Crippen LogP) is 4.42. The van der Waals surface area contributed by atoms with E-state index in [0.29, 0.717) is 11.5 Å². The van der Waals surface area contributed by atoms with Crippen LogP contribution in [0.2, 0.25) is 0 Å². The molecule has 0 radical (unpaired) electrons. The molecule has 0 saturated carbocycles. The Kier molecular flexibility index (Phi) is 6.21. The zero-order valence-corrected chi connectivity index (χ0v) is 20.8. The number of fused-ring (bicyclic) bond motifs is 2. The molecule has 0 aromatic heterocycles. The van der Waals surface area contributed by atoms with E-state index in [1.165, 1.54) is 22.8 Å². The largest absolute Gasteiger partial charge is 0.489 e. The van der Waals surface area contributed by atoms with Crippen LogP contribution < -0.4 is 9.46 Å². The van der Waals surface area contributed by atoms with Crippen molar-refractivity contribution in [1.82, 2.24) is 9.62 Å². The first kappa shape index (κ1) is 23.2. The van der Waals surface area contributed by atoms with Gasteiger partial charge >= 0.3 is 0 Å². The normalized spacial score (nSPS) is 20.7. The minimum atomic E-state index is -1.49. The third-order valence-electron chi connectivity index (χ3n) is 7.30. The van der Waals surface area contributed by atoms with Crippen LogP contribution in [-0.4, -0.2) is 28.1 Å². The predicted molar refractivity (Wildman–Crippen MR) is 139 cm³/mol. The summed E-state index contributed by atoms with van der Waals surface area (Å²) in [5, 5.41) is 0. The highest BCUT2D eigenvalue weighted by molar-refractivity contribution is 7.93. The molecule has 3 aliphatic rings. The summed E-state index contributed by atoms with van der Waals surface area (Å²) in [4.78, 5) is 14.4. The summed E-state index contributed by atoms with van der Waals surface area (Å²) >= 11 is 0. The van der Waals surface area contributed by atoms with Gasteiger partial charge in [-0.25, -0.2) is 4.21 Å². The summed E-state index contributed by atoms with van der Waals surface area (Å²) in [6, 6.07) is 24.6. The lowest BCUT2D eigenvalue weighted by Crippen LogP contribution is -2.42. The van der Waals surface area contributed by atoms with Gasteiger partial charge in [0.15, 0.2) is 11.0 Å². The number of piperidine rings is 1. The van der Waals surface area contributed by atoms with Crippen LogP contribution in [0.15, 0.2) is 78.9 Å². The maximum absolute atomic E-state index is 11.9. The molecular formula is C29H28N2O4S. The molecule has 6 rings (SSSR count). The lowest BCUT2D eigenvalue weighted by Gasteiger charge is -2.39. The summed E-state index contributed by atoms with van der Waals surface area (Å²) in [5.74, 6) is 0.398. The average Bonchev–Trinajstić information content (AvgIpc) is 3.44. The van der Waals surface area contributed by atoms with Crippen LogP contribution in [0.1, 0.15) is 40.7 Å². The second kappa shape index (κ2) is 9.65. The molecule has 1 N–H and O–H groups in total. The van der Waals surface area contributed by atoms with E-state index < -0.39 is 11.0 Å². The van der Waals surface area contributed by atoms with E-state index in [2.05, 4.69) is 58.2 Å². The molecule has 1 atom stereocenters. The van der Waals surface area contributed by atoms with Crippen LogP contribution in [0.5, 0.6) is 5.75 Å². The molecule has 3 heterocycles. The fraction of sp³-hybridized carbons (Fsp3) is 0.276. The quantitative estimate of drug-likeness (QED) is 0.543. The summed E-state index contributed by atoms with van der Waals surface area (Å²) < 4.78 is 26.5. The Morgan fingerprint density at radius 1 is 0.944 bits per heavy atom. The van der Waals surface area contributed by atoms with Crippen LogP contribution in [0, 0.1) is 0 Å². The number of likely N-dealkylation sites (tertiary alicyclic amines) is 1. The van der Waals surface area contributed by atoms with E-state index in [1.807, 2.05) is 24.3 Å². The van der Waals surface area contributed by atoms with Crippen molar-refractivity contribution in [2.24, 2.45) is 0 Å². The first-order valence-electron chi connectivity index (χ1n) is 12.3. The number of hydrogen-bond donors (Lipinski definition) is 1. The van der Waals surface area contributed by atoms with Gasteiger partial charge in [0.1, 0.15) is 12.4 Å². The van der Waals surface area contributed by atoms with E-state index in [0.717, 1.165) is 56.0 Å². The lowest BCUT2D eigenvalue weighted by atomic mass is 9.84. The van der Waals surface area contributed by atoms with E-state index in [-0.39, 0.29) is 11.5 Å². The second-order valence-electron chi connectivity index (χ2n) is 9.59. The van der Waals surface area contributed by atoms with Crippen LogP contribution in [0.3, 0.4) is 0 Å². The third kappa shape index (κ3) is 4.62. The Hall–Kier alpha value is -3.26. The van der Waals surface area contributed by atoms with Crippen molar-refractivity contribution >= 4 is 21.8 Å². The molecule has 3 aliphatic heterocycles. The molecule has 1 spiro atoms. The number of carbonyl (C=O) groups excluding carboxylic acids is 1. The minimum Gasteiger partial charge on any atom is -0.489 e. The summed E-state index contributed by atoms with van der Waals surface area (Å²) in [6.45, 7) is 4.21. The van der Waals surface area contributed by atoms with Crippen LogP contribution >= 0.6 is 0 Å². The molecule has 1 amide bonds. The van der Waals surface area contributed by atoms with Crippen LogP contribution in [-0.2, 0) is 45.9 Å². The Morgan fingerprint density at radius 2 is 1.67 bits per heavy atom. The van der Waals surface area contributed by atoms with Gasteiger partial charge in [-0.15, -0.1) is 0 Å². The summed E-state index contributed by atoms with van der Waals surface area (Å²) in [5.41, 5.74) is 5.79. The standard InChI is InChI=1S/C29H28N2O4S/c32-28-17-27(36(33)30-28)23-9-11-25(12-10-23)34-19-22-7-5-21(6-8-22)18-31-15-13-29(14-16-31)26-4-2-1-3-24(26)20-35-29/h1-12,17H,13-16,18-20H2,(H,30,32). The van der Waals surface area contributed by atoms with E-state index in [9.17, 15) is 9.00 Å². The number of hydrogen-bond acceptors (Lipinski definition) is 5. The molecule has 1 fully saturated rings. The van der Waals surface area contributed by atoms with Crippen molar-refractivity contribution in [3.63, 3.8) is 0 Å². The van der Waals surface area contributed by atoms with E-state index >= 15 is 0 Å². The maximum atomic E-state index is 11.9. The zero-order chi connectivity index (χ0) is 24.5. The zero-order valence-electron chi connectivity index (χ0n) is 19.9. The fourth-order valence-corrected chi connectivity index (χ4v) is 6.21. The Balaban J connectivity index is 1.00. The smallest absolute Gasteiger partial charge is 0.257 e. The Labute approximate surface area is 213 Å². The molecule has 1 unspecified atom stereocenters. The Morgan fingerprint density at radius 3 is 2.39 bits per heavy atom. The van der Waals surface area contributed by atoms with Crippen molar-refractivity contribution in [2.75, 3.05) is 13.1 Å². The van der Waals surface area contributed by atoms with Gasteiger partial charge in [0, 0.05) is 25.7 Å². The highest BCUT2D eigenvalue weighted by Gasteiger charge is 2.42. The van der Waals surface area contributed by atoms with Crippen molar-refractivity contribution in [3.8, 4) is 5.75 Å². The molecular weight excluding hydrogens is 472 g/mol. The van der Waals surface area contributed by atoms with E-state index in [4.69, 9.17) is 9.47 Å². The first-order chi connectivity index (χ1) is 17.6. The number of ether oxygens (including phenoxy) is 2. The van der Waals surface area contributed by atoms with Gasteiger partial charge in [0.25, 0.3) is 5.91 Å². The lowest BCUT2D eigenvalue weighted by molar-refractivity contribution is -0.114. The van der Waals surface area contributed by atoms with Crippen molar-refractivity contribution in [3.05, 3.63) is 107 Å². The third-order valence-corrected chi connectivity index (χ3v) is 8.44. The number of nitrogens with zero attached hydrogens (tertiary/aromatic N) is 1. The van der Waals surface area contributed by atoms with Crippen molar-refractivity contribution in [2.45, 2.75) is 38.2 Å². The molecule has 6 nitrogen and oxygen atoms in total. The highest BCUT2D eigenvalue weighted by atomic mass is 32.2. The summed E-state index contributed by atoms with van der Waals surface area (Å²) in [7, 11) is -1.49. The number of carbonyl (C=O) groups is 1. The molecule has 0 bridgehead atoms. The first-order valence-corrected chi connectivity index (χ1v) is 13.4. The SMILES string of the molecule is O=C1C=C(c2ccc(OCc3ccc(CN4CCC5(CC4)OCc4ccccc45)cc3)cc2)S(=O)N1. The van der Waals surface area contributed by atoms with Gasteiger partial charge in [-0.1, -0.05) is 60.7 Å². The van der Waals surface area contributed by atoms with Gasteiger partial charge in [-0.05, 0) is 52.8 Å².